The number of benzene rings is 2. The van der Waals surface area contributed by atoms with Crippen LogP contribution in [0.2, 0.25) is 0 Å². The molecule has 9 heteroatoms. The number of nitrogens with one attached hydrogen (secondary N) is 1. The molecule has 2 aromatic carbocycles. The minimum absolute atomic E-state index is 0.202. The summed E-state index contributed by atoms with van der Waals surface area (Å²) in [6, 6.07) is 11.2. The lowest BCUT2D eigenvalue weighted by Crippen LogP contribution is -2.35. The number of amides is 1. The third kappa shape index (κ3) is 5.99. The molecule has 0 unspecified atom stereocenters. The van der Waals surface area contributed by atoms with Gasteiger partial charge in [-0.05, 0) is 55.8 Å². The van der Waals surface area contributed by atoms with Crippen molar-refractivity contribution in [3.63, 3.8) is 0 Å². The molecule has 1 N–H and O–H groups in total. The molecular weight excluding hydrogens is 488 g/mol. The van der Waals surface area contributed by atoms with Gasteiger partial charge in [-0.25, -0.2) is 8.78 Å². The summed E-state index contributed by atoms with van der Waals surface area (Å²) in [7, 11) is 1.76. The average molecular weight is 522 g/mol. The van der Waals surface area contributed by atoms with Crippen molar-refractivity contribution in [2.45, 2.75) is 26.3 Å². The van der Waals surface area contributed by atoms with E-state index in [1.165, 1.54) is 12.1 Å². The molecule has 2 heterocycles. The number of hydrogen-bond acceptors (Lipinski definition) is 5. The first kappa shape index (κ1) is 27.2. The first-order chi connectivity index (χ1) is 18.5. The second-order valence-corrected chi connectivity index (χ2v) is 9.06. The van der Waals surface area contributed by atoms with Crippen molar-refractivity contribution < 1.29 is 18.3 Å². The third-order valence-electron chi connectivity index (χ3n) is 6.76. The van der Waals surface area contributed by atoms with E-state index in [-0.39, 0.29) is 17.8 Å². The van der Waals surface area contributed by atoms with Gasteiger partial charge in [0.25, 0.3) is 5.91 Å². The minimum Gasteiger partial charge on any atom is -0.493 e. The maximum Gasteiger partial charge on any atom is 0.254 e. The Kier molecular flexibility index (Phi) is 9.02. The molecule has 0 saturated heterocycles. The Morgan fingerprint density at radius 1 is 1.11 bits per heavy atom. The zero-order chi connectivity index (χ0) is 27.1. The number of halogens is 2. The molecule has 0 aliphatic rings. The SMILES string of the molecule is CCOc1cc(C(=O)N(C)[C@H](CCN(CC)CCF)c2cncc3cn[nH]c23)ccc1-c1cccc(F)c1. The number of carbonyl (C=O) groups is 1. The van der Waals surface area contributed by atoms with E-state index < -0.39 is 6.67 Å². The van der Waals surface area contributed by atoms with Crippen LogP contribution in [-0.4, -0.2) is 70.9 Å². The summed E-state index contributed by atoms with van der Waals surface area (Å²) in [5.41, 5.74) is 3.48. The highest BCUT2D eigenvalue weighted by Gasteiger charge is 2.26. The maximum atomic E-state index is 13.9. The predicted octanol–water partition coefficient (Wildman–Crippen LogP) is 5.66. The summed E-state index contributed by atoms with van der Waals surface area (Å²) in [6.45, 7) is 5.48. The normalized spacial score (nSPS) is 12.2. The molecule has 0 aliphatic carbocycles. The predicted molar refractivity (Wildman–Crippen MR) is 144 cm³/mol. The summed E-state index contributed by atoms with van der Waals surface area (Å²) >= 11 is 0. The zero-order valence-corrected chi connectivity index (χ0v) is 22.0. The fourth-order valence-electron chi connectivity index (χ4n) is 4.72. The van der Waals surface area contributed by atoms with Crippen LogP contribution in [0.25, 0.3) is 22.0 Å². The molecule has 38 heavy (non-hydrogen) atoms. The number of aromatic nitrogens is 3. The van der Waals surface area contributed by atoms with Crippen LogP contribution in [0.15, 0.2) is 61.1 Å². The smallest absolute Gasteiger partial charge is 0.254 e. The fourth-order valence-corrected chi connectivity index (χ4v) is 4.72. The topological polar surface area (TPSA) is 74.3 Å². The Bertz CT molecular complexity index is 1380. The summed E-state index contributed by atoms with van der Waals surface area (Å²) in [5, 5.41) is 8.03. The Morgan fingerprint density at radius 3 is 2.68 bits per heavy atom. The van der Waals surface area contributed by atoms with Gasteiger partial charge in [-0.3, -0.25) is 14.9 Å². The molecule has 2 aromatic heterocycles. The van der Waals surface area contributed by atoms with Crippen molar-refractivity contribution in [1.82, 2.24) is 25.0 Å². The lowest BCUT2D eigenvalue weighted by Gasteiger charge is -2.31. The second kappa shape index (κ2) is 12.6. The van der Waals surface area contributed by atoms with Gasteiger partial charge in [0, 0.05) is 54.6 Å². The number of fused-ring (bicyclic) bond motifs is 1. The van der Waals surface area contributed by atoms with Gasteiger partial charge in [-0.2, -0.15) is 5.10 Å². The Balaban J connectivity index is 1.68. The zero-order valence-electron chi connectivity index (χ0n) is 22.0. The number of hydrogen-bond donors (Lipinski definition) is 1. The number of carbonyl (C=O) groups excluding carboxylic acids is 1. The van der Waals surface area contributed by atoms with Gasteiger partial charge >= 0.3 is 0 Å². The van der Waals surface area contributed by atoms with Gasteiger partial charge in [0.05, 0.1) is 24.4 Å². The third-order valence-corrected chi connectivity index (χ3v) is 6.76. The van der Waals surface area contributed by atoms with E-state index in [0.717, 1.165) is 16.5 Å². The molecule has 0 fully saturated rings. The number of alkyl halides is 1. The second-order valence-electron chi connectivity index (χ2n) is 9.06. The Labute approximate surface area is 221 Å². The van der Waals surface area contributed by atoms with E-state index in [1.807, 2.05) is 18.7 Å². The molecule has 0 saturated carbocycles. The Hall–Kier alpha value is -3.85. The molecule has 4 aromatic rings. The first-order valence-electron chi connectivity index (χ1n) is 12.8. The van der Waals surface area contributed by atoms with Gasteiger partial charge in [-0.1, -0.05) is 19.1 Å². The number of H-pyrrole nitrogens is 1. The van der Waals surface area contributed by atoms with E-state index in [1.54, 1.807) is 60.9 Å². The van der Waals surface area contributed by atoms with Crippen molar-refractivity contribution >= 4 is 16.8 Å². The largest absolute Gasteiger partial charge is 0.493 e. The maximum absolute atomic E-state index is 13.9. The Morgan fingerprint density at radius 2 is 1.95 bits per heavy atom. The van der Waals surface area contributed by atoms with E-state index >= 15 is 0 Å². The van der Waals surface area contributed by atoms with Gasteiger partial charge in [-0.15, -0.1) is 0 Å². The minimum atomic E-state index is -0.428. The van der Waals surface area contributed by atoms with E-state index in [2.05, 4.69) is 15.2 Å². The van der Waals surface area contributed by atoms with Crippen molar-refractivity contribution in [3.8, 4) is 16.9 Å². The summed E-state index contributed by atoms with van der Waals surface area (Å²) in [4.78, 5) is 21.9. The van der Waals surface area contributed by atoms with E-state index in [9.17, 15) is 13.6 Å². The quantitative estimate of drug-likeness (QED) is 0.261. The highest BCUT2D eigenvalue weighted by Crippen LogP contribution is 2.34. The van der Waals surface area contributed by atoms with Gasteiger partial charge in [0.15, 0.2) is 0 Å². The summed E-state index contributed by atoms with van der Waals surface area (Å²) in [6.07, 6.45) is 5.75. The number of rotatable bonds is 12. The monoisotopic (exact) mass is 521 g/mol. The van der Waals surface area contributed by atoms with Gasteiger partial charge in [0.2, 0.25) is 0 Å². The molecular formula is C29H33F2N5O2. The van der Waals surface area contributed by atoms with E-state index in [0.29, 0.717) is 55.1 Å². The molecule has 1 atom stereocenters. The molecule has 7 nitrogen and oxygen atoms in total. The van der Waals surface area contributed by atoms with Crippen LogP contribution in [0.4, 0.5) is 8.78 Å². The summed E-state index contributed by atoms with van der Waals surface area (Å²) in [5.74, 6) is -0.0405. The fraction of sp³-hybridized carbons (Fsp3) is 0.345. The van der Waals surface area contributed by atoms with Crippen LogP contribution < -0.4 is 4.74 Å². The van der Waals surface area contributed by atoms with Crippen molar-refractivity contribution in [1.29, 1.82) is 0 Å². The van der Waals surface area contributed by atoms with Crippen LogP contribution in [0.5, 0.6) is 5.75 Å². The highest BCUT2D eigenvalue weighted by molar-refractivity contribution is 5.96. The molecule has 0 radical (unpaired) electrons. The standard InChI is InChI=1S/C29H33F2N5O2/c1-4-36(14-12-30)13-11-26(25-19-32-17-22-18-33-34-28(22)25)35(3)29(37)21-9-10-24(27(16-21)38-5-2)20-7-6-8-23(31)15-20/h6-10,15-19,26H,4-5,11-14H2,1-3H3,(H,33,34)/t26-/m1/s1. The van der Waals surface area contributed by atoms with Gasteiger partial charge < -0.3 is 14.5 Å². The average Bonchev–Trinajstić information content (AvgIpc) is 3.42. The number of ether oxygens (including phenoxy) is 1. The van der Waals surface area contributed by atoms with Crippen LogP contribution in [0.1, 0.15) is 42.2 Å². The lowest BCUT2D eigenvalue weighted by molar-refractivity contribution is 0.0710. The lowest BCUT2D eigenvalue weighted by atomic mass is 9.99. The van der Waals surface area contributed by atoms with Crippen LogP contribution >= 0.6 is 0 Å². The van der Waals surface area contributed by atoms with E-state index in [4.69, 9.17) is 4.74 Å². The molecule has 0 aliphatic heterocycles. The van der Waals surface area contributed by atoms with Crippen LogP contribution in [0.3, 0.4) is 0 Å². The van der Waals surface area contributed by atoms with Crippen LogP contribution in [0, 0.1) is 5.82 Å². The summed E-state index contributed by atoms with van der Waals surface area (Å²) < 4.78 is 32.8. The van der Waals surface area contributed by atoms with Crippen molar-refractivity contribution in [2.75, 3.05) is 40.0 Å². The molecule has 200 valence electrons. The number of nitrogens with zero attached hydrogens (tertiary/aromatic N) is 4. The molecule has 4 rings (SSSR count). The van der Waals surface area contributed by atoms with Crippen molar-refractivity contribution in [2.24, 2.45) is 0 Å². The highest BCUT2D eigenvalue weighted by atomic mass is 19.1. The van der Waals surface area contributed by atoms with Gasteiger partial charge in [0.1, 0.15) is 18.2 Å². The number of pyridine rings is 1. The molecule has 0 bridgehead atoms. The van der Waals surface area contributed by atoms with Crippen LogP contribution in [-0.2, 0) is 0 Å². The van der Waals surface area contributed by atoms with Crippen molar-refractivity contribution in [3.05, 3.63) is 78.0 Å². The molecule has 0 spiro atoms. The first-order valence-corrected chi connectivity index (χ1v) is 12.8. The molecule has 1 amide bonds. The number of aromatic amines is 1.